The number of aromatic nitrogens is 2. The smallest absolute Gasteiger partial charge is 0.298 e. The molecule has 3 aromatic rings. The fourth-order valence-electron chi connectivity index (χ4n) is 3.23. The second-order valence-electron chi connectivity index (χ2n) is 7.18. The number of hydrogen-bond donors (Lipinski definition) is 1. The lowest BCUT2D eigenvalue weighted by Gasteiger charge is -2.29. The maximum absolute atomic E-state index is 13.9. The zero-order chi connectivity index (χ0) is 25.5. The number of thiocarbonyl (C=S) groups is 1. The second-order valence-corrected chi connectivity index (χ2v) is 9.50. The van der Waals surface area contributed by atoms with Gasteiger partial charge in [0.2, 0.25) is 0 Å². The maximum Gasteiger partial charge on any atom is 0.435 e. The van der Waals surface area contributed by atoms with Crippen LogP contribution in [0, 0.1) is 0 Å². The van der Waals surface area contributed by atoms with Crippen LogP contribution < -0.4 is 10.2 Å². The molecule has 0 saturated carbocycles. The van der Waals surface area contributed by atoms with Gasteiger partial charge in [-0.1, -0.05) is 35.0 Å². The van der Waals surface area contributed by atoms with E-state index in [1.54, 1.807) is 24.3 Å². The first kappa shape index (κ1) is 25.2. The molecule has 2 heterocycles. The van der Waals surface area contributed by atoms with Crippen molar-refractivity contribution in [2.75, 3.05) is 4.90 Å². The molecule has 1 N–H and O–H groups in total. The summed E-state index contributed by atoms with van der Waals surface area (Å²) in [6.07, 6.45) is -3.96. The van der Waals surface area contributed by atoms with E-state index in [1.807, 2.05) is 0 Å². The van der Waals surface area contributed by atoms with Crippen molar-refractivity contribution in [3.8, 4) is 0 Å². The van der Waals surface area contributed by atoms with E-state index in [4.69, 9.17) is 35.4 Å². The Hall–Kier alpha value is -2.86. The molecule has 1 aliphatic rings. The van der Waals surface area contributed by atoms with Crippen molar-refractivity contribution in [2.45, 2.75) is 16.1 Å². The Labute approximate surface area is 216 Å². The first-order valence-corrected chi connectivity index (χ1v) is 11.7. The minimum atomic E-state index is -4.84. The number of nitrogens with one attached hydrogen (secondary N) is 1. The molecule has 1 aromatic heterocycles. The lowest BCUT2D eigenvalue weighted by molar-refractivity contribution is -0.141. The van der Waals surface area contributed by atoms with Gasteiger partial charge in [-0.3, -0.25) is 24.5 Å². The molecule has 6 nitrogen and oxygen atoms in total. The molecule has 0 aliphatic carbocycles. The van der Waals surface area contributed by atoms with Crippen LogP contribution in [0.25, 0.3) is 6.08 Å². The molecule has 35 heavy (non-hydrogen) atoms. The summed E-state index contributed by atoms with van der Waals surface area (Å²) in [4.78, 5) is 27.5. The lowest BCUT2D eigenvalue weighted by atomic mass is 10.1. The van der Waals surface area contributed by atoms with Crippen molar-refractivity contribution in [3.05, 3.63) is 75.4 Å². The van der Waals surface area contributed by atoms with Gasteiger partial charge in [-0.25, -0.2) is 0 Å². The number of anilines is 1. The molecule has 2 amide bonds. The van der Waals surface area contributed by atoms with Gasteiger partial charge in [0, 0.05) is 27.6 Å². The first-order chi connectivity index (χ1) is 16.5. The van der Waals surface area contributed by atoms with Crippen LogP contribution >= 0.6 is 47.2 Å². The van der Waals surface area contributed by atoms with Crippen LogP contribution in [0.2, 0.25) is 10.0 Å². The summed E-state index contributed by atoms with van der Waals surface area (Å²) in [7, 11) is 1.34. The highest BCUT2D eigenvalue weighted by atomic mass is 35.5. The summed E-state index contributed by atoms with van der Waals surface area (Å²) in [6.45, 7) is 0. The standard InChI is InChI=1S/C22H13Cl2F3N4O2S2/c1-30-20(35-14-8-4-12(24)5-9-14)15(17(29-30)22(25,26)27)10-16-18(32)28-21(34)31(19(16)33)13-6-2-11(23)3-7-13/h2-10H,1H3,(H,28,32,34). The zero-order valence-electron chi connectivity index (χ0n) is 17.6. The number of nitrogens with zero attached hydrogens (tertiary/aromatic N) is 3. The Balaban J connectivity index is 1.83. The van der Waals surface area contributed by atoms with E-state index in [-0.39, 0.29) is 15.8 Å². The third-order valence-electron chi connectivity index (χ3n) is 4.80. The molecular formula is C22H13Cl2F3N4O2S2. The lowest BCUT2D eigenvalue weighted by Crippen LogP contribution is -2.54. The third kappa shape index (κ3) is 5.22. The molecule has 0 radical (unpaired) electrons. The number of amides is 2. The van der Waals surface area contributed by atoms with Crippen molar-refractivity contribution in [1.29, 1.82) is 0 Å². The highest BCUT2D eigenvalue weighted by Crippen LogP contribution is 2.40. The van der Waals surface area contributed by atoms with E-state index >= 15 is 0 Å². The molecule has 0 unspecified atom stereocenters. The fourth-order valence-corrected chi connectivity index (χ4v) is 4.69. The van der Waals surface area contributed by atoms with Gasteiger partial charge in [0.25, 0.3) is 11.8 Å². The van der Waals surface area contributed by atoms with E-state index < -0.39 is 34.8 Å². The number of carbonyl (C=O) groups excluding carboxylic acids is 2. The van der Waals surface area contributed by atoms with E-state index in [9.17, 15) is 22.8 Å². The summed E-state index contributed by atoms with van der Waals surface area (Å²) in [5.74, 6) is -1.81. The number of benzene rings is 2. The molecule has 4 rings (SSSR count). The van der Waals surface area contributed by atoms with E-state index in [0.717, 1.165) is 27.4 Å². The summed E-state index contributed by atoms with van der Waals surface area (Å²) >= 11 is 17.9. The number of hydrogen-bond acceptors (Lipinski definition) is 5. The minimum Gasteiger partial charge on any atom is -0.298 e. The van der Waals surface area contributed by atoms with Crippen LogP contribution in [-0.4, -0.2) is 26.7 Å². The summed E-state index contributed by atoms with van der Waals surface area (Å²) in [6, 6.07) is 12.4. The van der Waals surface area contributed by atoms with Gasteiger partial charge in [-0.05, 0) is 66.8 Å². The van der Waals surface area contributed by atoms with Gasteiger partial charge >= 0.3 is 6.18 Å². The predicted molar refractivity (Wildman–Crippen MR) is 131 cm³/mol. The maximum atomic E-state index is 13.9. The predicted octanol–water partition coefficient (Wildman–Crippen LogP) is 5.73. The third-order valence-corrected chi connectivity index (χ3v) is 6.78. The quantitative estimate of drug-likeness (QED) is 0.252. The monoisotopic (exact) mass is 556 g/mol. The minimum absolute atomic E-state index is 0.0685. The fraction of sp³-hybridized carbons (Fsp3) is 0.0909. The molecule has 0 atom stereocenters. The van der Waals surface area contributed by atoms with Crippen LogP contribution in [-0.2, 0) is 22.8 Å². The Bertz CT molecular complexity index is 1370. The molecule has 180 valence electrons. The Morgan fingerprint density at radius 2 is 1.60 bits per heavy atom. The molecule has 1 aliphatic heterocycles. The van der Waals surface area contributed by atoms with Gasteiger partial charge in [0.1, 0.15) is 10.6 Å². The average Bonchev–Trinajstić information content (AvgIpc) is 3.09. The van der Waals surface area contributed by atoms with E-state index in [2.05, 4.69) is 10.4 Å². The summed E-state index contributed by atoms with van der Waals surface area (Å²) in [5.41, 5.74) is -1.92. The Morgan fingerprint density at radius 3 is 2.17 bits per heavy atom. The van der Waals surface area contributed by atoms with Crippen LogP contribution in [0.4, 0.5) is 18.9 Å². The zero-order valence-corrected chi connectivity index (χ0v) is 20.7. The molecule has 0 bridgehead atoms. The highest BCUT2D eigenvalue weighted by molar-refractivity contribution is 7.99. The second kappa shape index (κ2) is 9.65. The molecule has 1 saturated heterocycles. The van der Waals surface area contributed by atoms with Crippen LogP contribution in [0.1, 0.15) is 11.3 Å². The summed E-state index contributed by atoms with van der Waals surface area (Å²) in [5, 5.41) is 6.68. The van der Waals surface area contributed by atoms with Crippen molar-refractivity contribution < 1.29 is 22.8 Å². The van der Waals surface area contributed by atoms with Crippen molar-refractivity contribution in [1.82, 2.24) is 15.1 Å². The number of aryl methyl sites for hydroxylation is 1. The van der Waals surface area contributed by atoms with Crippen LogP contribution in [0.3, 0.4) is 0 Å². The number of alkyl halides is 3. The van der Waals surface area contributed by atoms with Gasteiger partial charge in [-0.15, -0.1) is 0 Å². The van der Waals surface area contributed by atoms with E-state index in [1.165, 1.54) is 31.3 Å². The van der Waals surface area contributed by atoms with Gasteiger partial charge in [0.15, 0.2) is 10.8 Å². The Morgan fingerprint density at radius 1 is 1.03 bits per heavy atom. The van der Waals surface area contributed by atoms with Gasteiger partial charge in [0.05, 0.1) is 5.69 Å². The normalized spacial score (nSPS) is 15.7. The molecule has 0 spiro atoms. The topological polar surface area (TPSA) is 67.2 Å². The van der Waals surface area contributed by atoms with Gasteiger partial charge in [-0.2, -0.15) is 18.3 Å². The van der Waals surface area contributed by atoms with Crippen LogP contribution in [0.15, 0.2) is 64.0 Å². The molecule has 1 fully saturated rings. The largest absolute Gasteiger partial charge is 0.435 e. The summed E-state index contributed by atoms with van der Waals surface area (Å²) < 4.78 is 42.6. The molecule has 13 heteroatoms. The average molecular weight is 557 g/mol. The van der Waals surface area contributed by atoms with Crippen molar-refractivity contribution in [3.63, 3.8) is 0 Å². The Kier molecular flexibility index (Phi) is 6.96. The van der Waals surface area contributed by atoms with E-state index in [0.29, 0.717) is 14.9 Å². The number of rotatable bonds is 4. The van der Waals surface area contributed by atoms with Gasteiger partial charge < -0.3 is 0 Å². The number of halogens is 5. The molecule has 2 aromatic carbocycles. The number of carbonyl (C=O) groups is 2. The van der Waals surface area contributed by atoms with Crippen LogP contribution in [0.5, 0.6) is 0 Å². The molecular weight excluding hydrogens is 544 g/mol. The highest BCUT2D eigenvalue weighted by Gasteiger charge is 2.40. The van der Waals surface area contributed by atoms with Crippen molar-refractivity contribution >= 4 is 75.9 Å². The first-order valence-electron chi connectivity index (χ1n) is 9.70. The SMILES string of the molecule is Cn1nc(C(F)(F)F)c(C=C2C(=O)NC(=S)N(c3ccc(Cl)cc3)C2=O)c1Sc1ccc(Cl)cc1. The van der Waals surface area contributed by atoms with Crippen molar-refractivity contribution in [2.24, 2.45) is 7.05 Å².